The average Bonchev–Trinajstić information content (AvgIpc) is 2.80. The van der Waals surface area contributed by atoms with E-state index in [1.165, 1.54) is 0 Å². The van der Waals surface area contributed by atoms with Gasteiger partial charge in [0.25, 0.3) is 0 Å². The minimum absolute atomic E-state index is 0.0871. The van der Waals surface area contributed by atoms with Crippen molar-refractivity contribution in [3.05, 3.63) is 11.6 Å². The van der Waals surface area contributed by atoms with Gasteiger partial charge in [-0.15, -0.1) is 0 Å². The van der Waals surface area contributed by atoms with Crippen LogP contribution < -0.4 is 0 Å². The Morgan fingerprint density at radius 1 is 1.09 bits per heavy atom. The molecule has 112 valence electrons. The van der Waals surface area contributed by atoms with Crippen LogP contribution in [0.25, 0.3) is 0 Å². The number of nitriles is 4. The molecule has 1 aliphatic rings. The minimum atomic E-state index is -3.02. The molecular weight excluding hydrogens is 479 g/mol. The molecule has 0 aromatic rings. The quantitative estimate of drug-likeness (QED) is 0.435. The van der Waals surface area contributed by atoms with Gasteiger partial charge in [0.2, 0.25) is 0 Å². The molecule has 0 N–H and O–H groups in total. The van der Waals surface area contributed by atoms with Crippen LogP contribution >= 0.6 is 0 Å². The molecule has 22 heavy (non-hydrogen) atoms. The van der Waals surface area contributed by atoms with E-state index in [2.05, 4.69) is 10.2 Å². The van der Waals surface area contributed by atoms with Gasteiger partial charge in [-0.2, -0.15) is 0 Å². The van der Waals surface area contributed by atoms with Gasteiger partial charge in [-0.25, -0.2) is 0 Å². The second-order valence-electron chi connectivity index (χ2n) is 5.39. The maximum atomic E-state index is 9.48. The van der Waals surface area contributed by atoms with Gasteiger partial charge in [0.15, 0.2) is 0 Å². The number of rotatable bonds is 4. The van der Waals surface area contributed by atoms with Gasteiger partial charge in [-0.1, -0.05) is 0 Å². The van der Waals surface area contributed by atoms with Gasteiger partial charge < -0.3 is 0 Å². The third-order valence-electron chi connectivity index (χ3n) is 2.72. The van der Waals surface area contributed by atoms with Crippen molar-refractivity contribution in [2.75, 3.05) is 6.61 Å². The molecule has 9 heteroatoms. The van der Waals surface area contributed by atoms with E-state index in [4.69, 9.17) is 7.42 Å². The fourth-order valence-electron chi connectivity index (χ4n) is 1.73. The van der Waals surface area contributed by atoms with E-state index >= 15 is 0 Å². The monoisotopic (exact) mass is 494 g/mol. The summed E-state index contributed by atoms with van der Waals surface area (Å²) in [7, 11) is 0. The van der Waals surface area contributed by atoms with Gasteiger partial charge in [-0.3, -0.25) is 0 Å². The predicted molar refractivity (Wildman–Crippen MR) is 75.6 cm³/mol. The van der Waals surface area contributed by atoms with Crippen LogP contribution in [0.2, 0.25) is 13.4 Å². The Hall–Kier alpha value is -2.18. The summed E-state index contributed by atoms with van der Waals surface area (Å²) in [5, 5.41) is 44.8. The molecule has 0 atom stereocenters. The fraction of sp³-hybridized carbons (Fsp3) is 0.538. The van der Waals surface area contributed by atoms with Crippen molar-refractivity contribution >= 4 is 21.6 Å². The fourth-order valence-corrected chi connectivity index (χ4v) is 4.49. The van der Waals surface area contributed by atoms with Crippen molar-refractivity contribution in [2.24, 2.45) is 15.6 Å². The zero-order valence-electron chi connectivity index (χ0n) is 12.7. The Labute approximate surface area is 134 Å². The number of ether oxygens (including phenoxy) is 1. The summed E-state index contributed by atoms with van der Waals surface area (Å²) in [6.07, 6.45) is 0. The van der Waals surface area contributed by atoms with Gasteiger partial charge in [-0.05, 0) is 0 Å². The molecule has 0 aromatic heterocycles. The maximum absolute atomic E-state index is 9.48. The Kier molecular flexibility index (Phi) is 5.11. The van der Waals surface area contributed by atoms with Gasteiger partial charge in [0, 0.05) is 0 Å². The molecule has 8 nitrogen and oxygen atoms in total. The van der Waals surface area contributed by atoms with Crippen LogP contribution in [0.1, 0.15) is 6.92 Å². The van der Waals surface area contributed by atoms with Crippen LogP contribution in [0.5, 0.6) is 0 Å². The zero-order chi connectivity index (χ0) is 17.0. The Morgan fingerprint density at radius 3 is 2.00 bits per heavy atom. The summed E-state index contributed by atoms with van der Waals surface area (Å²) < 4.78 is 17.1. The zero-order valence-corrected chi connectivity index (χ0v) is 16.6. The molecule has 1 rings (SSSR count). The van der Waals surface area contributed by atoms with Gasteiger partial charge >= 0.3 is 134 Å². The molecule has 0 saturated heterocycles. The van der Waals surface area contributed by atoms with Crippen molar-refractivity contribution in [2.45, 2.75) is 25.9 Å². The molecule has 0 aromatic carbocycles. The summed E-state index contributed by atoms with van der Waals surface area (Å²) in [4.78, 5) is 0. The van der Waals surface area contributed by atoms with Crippen molar-refractivity contribution < 1.29 is 7.42 Å². The number of hydrogen-bond donors (Lipinski definition) is 0. The molecule has 1 heterocycles. The SMILES string of the molecule is CCOC([O][Pb]([CH3])([CH3])[CH3])=C1N=NC(C#N)(C#N)C1(C#N)C#N. The Bertz CT molecular complexity index is 664. The molecule has 0 bridgehead atoms. The average molecular weight is 493 g/mol. The third-order valence-corrected chi connectivity index (χ3v) is 5.83. The van der Waals surface area contributed by atoms with Crippen LogP contribution in [0.3, 0.4) is 0 Å². The van der Waals surface area contributed by atoms with E-state index in [1.54, 1.807) is 31.2 Å². The topological polar surface area (TPSA) is 138 Å². The predicted octanol–water partition coefficient (Wildman–Crippen LogP) is 2.33. The summed E-state index contributed by atoms with van der Waals surface area (Å²) in [5.41, 5.74) is -4.62. The molecule has 0 saturated carbocycles. The Morgan fingerprint density at radius 2 is 1.64 bits per heavy atom. The van der Waals surface area contributed by atoms with Crippen LogP contribution in [0, 0.1) is 50.7 Å². The molecule has 0 unspecified atom stereocenters. The first-order chi connectivity index (χ1) is 10.3. The van der Waals surface area contributed by atoms with Crippen LogP contribution in [0.4, 0.5) is 0 Å². The first kappa shape index (κ1) is 17.9. The van der Waals surface area contributed by atoms with E-state index in [-0.39, 0.29) is 18.2 Å². The van der Waals surface area contributed by atoms with E-state index in [0.717, 1.165) is 0 Å². The van der Waals surface area contributed by atoms with Crippen molar-refractivity contribution in [3.8, 4) is 24.3 Å². The second-order valence-corrected chi connectivity index (χ2v) is 22.6. The van der Waals surface area contributed by atoms with Gasteiger partial charge in [0.05, 0.1) is 0 Å². The van der Waals surface area contributed by atoms with E-state index in [9.17, 15) is 21.0 Å². The van der Waals surface area contributed by atoms with Crippen molar-refractivity contribution in [3.63, 3.8) is 0 Å². The number of azo groups is 1. The van der Waals surface area contributed by atoms with E-state index in [1.807, 2.05) is 13.4 Å². The van der Waals surface area contributed by atoms with Crippen LogP contribution in [-0.4, -0.2) is 33.8 Å². The molecule has 0 amide bonds. The summed E-state index contributed by atoms with van der Waals surface area (Å²) >= 11 is -3.02. The van der Waals surface area contributed by atoms with Gasteiger partial charge in [0.1, 0.15) is 0 Å². The van der Waals surface area contributed by atoms with Crippen LogP contribution in [-0.2, 0) is 7.42 Å². The number of hydrogen-bond acceptors (Lipinski definition) is 8. The van der Waals surface area contributed by atoms with E-state index < -0.39 is 32.6 Å². The van der Waals surface area contributed by atoms with Crippen molar-refractivity contribution in [1.82, 2.24) is 0 Å². The second kappa shape index (κ2) is 6.29. The molecule has 0 radical (unpaired) electrons. The first-order valence-corrected chi connectivity index (χ1v) is 19.6. The summed E-state index contributed by atoms with van der Waals surface area (Å²) in [6.45, 7) is 1.93. The standard InChI is InChI=1S/C10H6N6O2.3CH3.Pb/c1-2-18-8(17)7-9(3-11,4-12)10(5-13,6-14)16-15-7;;;;/h17H,2H2,1H3;3*1H3;/q;;;;+1/p-1. The normalized spacial score (nSPS) is 20.0. The summed E-state index contributed by atoms with van der Waals surface area (Å²) in [6, 6.07) is 6.65. The van der Waals surface area contributed by atoms with Crippen LogP contribution in [0.15, 0.2) is 21.9 Å². The third kappa shape index (κ3) is 2.75. The molecular formula is C13H14N6O2Pb. The first-order valence-electron chi connectivity index (χ1n) is 6.40. The Balaban J connectivity index is 3.66. The molecule has 1 aliphatic heterocycles. The summed E-state index contributed by atoms with van der Waals surface area (Å²) in [5.74, 6) is -0.0871. The molecule has 0 fully saturated rings. The molecule has 0 aliphatic carbocycles. The number of nitrogens with zero attached hydrogens (tertiary/aromatic N) is 6. The van der Waals surface area contributed by atoms with E-state index in [0.29, 0.717) is 0 Å². The van der Waals surface area contributed by atoms with Crippen molar-refractivity contribution in [1.29, 1.82) is 21.0 Å². The molecule has 0 spiro atoms.